The van der Waals surface area contributed by atoms with Crippen molar-refractivity contribution in [2.75, 3.05) is 28.6 Å². The number of amides is 2. The van der Waals surface area contributed by atoms with Crippen LogP contribution in [0.2, 0.25) is 0 Å². The van der Waals surface area contributed by atoms with E-state index in [1.165, 1.54) is 11.8 Å². The second-order valence-electron chi connectivity index (χ2n) is 10.4. The molecular formula is C27H36N8O3S. The van der Waals surface area contributed by atoms with Gasteiger partial charge in [0.25, 0.3) is 0 Å². The van der Waals surface area contributed by atoms with E-state index in [2.05, 4.69) is 31.0 Å². The fourth-order valence-corrected chi connectivity index (χ4v) is 4.76. The Labute approximate surface area is 232 Å². The average molecular weight is 553 g/mol. The first-order valence-corrected chi connectivity index (χ1v) is 13.9. The molecule has 0 unspecified atom stereocenters. The summed E-state index contributed by atoms with van der Waals surface area (Å²) in [6, 6.07) is 11.5. The molecule has 11 nitrogen and oxygen atoms in total. The maximum absolute atomic E-state index is 12.2. The van der Waals surface area contributed by atoms with Crippen molar-refractivity contribution >= 4 is 46.9 Å². The van der Waals surface area contributed by atoms with E-state index in [0.29, 0.717) is 17.4 Å². The van der Waals surface area contributed by atoms with Crippen molar-refractivity contribution < 1.29 is 14.3 Å². The molecule has 0 bridgehead atoms. The Morgan fingerprint density at radius 1 is 1.13 bits per heavy atom. The maximum Gasteiger partial charge on any atom is 0.407 e. The lowest BCUT2D eigenvalue weighted by atomic mass is 10.1. The van der Waals surface area contributed by atoms with E-state index in [4.69, 9.17) is 14.7 Å². The van der Waals surface area contributed by atoms with Crippen LogP contribution in [0.25, 0.3) is 0 Å². The van der Waals surface area contributed by atoms with Crippen LogP contribution < -0.4 is 20.9 Å². The lowest BCUT2D eigenvalue weighted by molar-refractivity contribution is -0.115. The summed E-state index contributed by atoms with van der Waals surface area (Å²) in [4.78, 5) is 36.6. The van der Waals surface area contributed by atoms with E-state index >= 15 is 0 Å². The van der Waals surface area contributed by atoms with E-state index in [1.54, 1.807) is 0 Å². The van der Waals surface area contributed by atoms with E-state index in [9.17, 15) is 9.59 Å². The number of benzene rings is 1. The van der Waals surface area contributed by atoms with Crippen LogP contribution >= 0.6 is 11.8 Å². The molecule has 39 heavy (non-hydrogen) atoms. The molecule has 3 aromatic rings. The van der Waals surface area contributed by atoms with Gasteiger partial charge in [-0.1, -0.05) is 6.92 Å². The first kappa shape index (κ1) is 28.2. The number of nitrogens with one attached hydrogen (secondary N) is 4. The van der Waals surface area contributed by atoms with Crippen LogP contribution in [0.3, 0.4) is 0 Å². The number of rotatable bonds is 8. The number of aromatic amines is 1. The Bertz CT molecular complexity index is 1280. The zero-order valence-electron chi connectivity index (χ0n) is 23.0. The summed E-state index contributed by atoms with van der Waals surface area (Å²) in [6.45, 7) is 10.8. The summed E-state index contributed by atoms with van der Waals surface area (Å²) in [5.41, 5.74) is 1.09. The molecule has 1 aliphatic rings. The van der Waals surface area contributed by atoms with Gasteiger partial charge >= 0.3 is 6.09 Å². The predicted octanol–water partition coefficient (Wildman–Crippen LogP) is 5.24. The summed E-state index contributed by atoms with van der Waals surface area (Å²) in [5.74, 6) is 2.16. The molecule has 0 aliphatic carbocycles. The molecule has 4 N–H and O–H groups in total. The quantitative estimate of drug-likeness (QED) is 0.276. The van der Waals surface area contributed by atoms with Crippen molar-refractivity contribution in [1.29, 1.82) is 0 Å². The van der Waals surface area contributed by atoms with Crippen molar-refractivity contribution in [3.8, 4) is 0 Å². The first-order valence-electron chi connectivity index (χ1n) is 13.1. The molecule has 1 fully saturated rings. The number of piperidine rings is 1. The van der Waals surface area contributed by atoms with Gasteiger partial charge in [-0.25, -0.2) is 14.8 Å². The van der Waals surface area contributed by atoms with Crippen LogP contribution in [0.1, 0.15) is 52.7 Å². The minimum atomic E-state index is -0.528. The third-order valence-corrected chi connectivity index (χ3v) is 6.74. The Hall–Kier alpha value is -3.80. The Morgan fingerprint density at radius 2 is 1.85 bits per heavy atom. The summed E-state index contributed by atoms with van der Waals surface area (Å²) < 4.78 is 5.41. The van der Waals surface area contributed by atoms with Gasteiger partial charge in [-0.3, -0.25) is 9.89 Å². The topological polar surface area (TPSA) is 137 Å². The number of ether oxygens (including phenoxy) is 1. The lowest BCUT2D eigenvalue weighted by Gasteiger charge is -2.33. The highest BCUT2D eigenvalue weighted by molar-refractivity contribution is 7.99. The standard InChI is InChI=1S/C27H36N8O3S/c1-6-24(36)28-18-7-9-20(10-8-18)39-25-31-21(30-22-15-17(2)33-34-22)16-23(32-25)35-13-11-19(12-14-35)29-26(37)38-27(3,4)5/h7-10,15-16,19H,6,11-14H2,1-5H3,(H,28,36)(H,29,37)(H2,30,31,32,33,34). The lowest BCUT2D eigenvalue weighted by Crippen LogP contribution is -2.46. The van der Waals surface area contributed by atoms with Crippen molar-refractivity contribution in [1.82, 2.24) is 25.5 Å². The second-order valence-corrected chi connectivity index (χ2v) is 11.4. The highest BCUT2D eigenvalue weighted by Crippen LogP contribution is 2.31. The van der Waals surface area contributed by atoms with Gasteiger partial charge in [0.2, 0.25) is 5.91 Å². The molecule has 4 rings (SSSR count). The molecule has 1 aromatic carbocycles. The van der Waals surface area contributed by atoms with Crippen molar-refractivity contribution in [3.05, 3.63) is 42.1 Å². The molecular weight excluding hydrogens is 516 g/mol. The first-order chi connectivity index (χ1) is 18.6. The number of hydrogen-bond donors (Lipinski definition) is 4. The Morgan fingerprint density at radius 3 is 2.46 bits per heavy atom. The van der Waals surface area contributed by atoms with E-state index in [0.717, 1.165) is 53.8 Å². The van der Waals surface area contributed by atoms with E-state index < -0.39 is 5.60 Å². The van der Waals surface area contributed by atoms with Crippen LogP contribution in [-0.4, -0.2) is 56.9 Å². The molecule has 0 spiro atoms. The molecule has 208 valence electrons. The van der Waals surface area contributed by atoms with Gasteiger partial charge in [0.05, 0.1) is 5.69 Å². The minimum Gasteiger partial charge on any atom is -0.444 e. The normalized spacial score (nSPS) is 14.1. The van der Waals surface area contributed by atoms with Gasteiger partial charge in [-0.15, -0.1) is 0 Å². The molecule has 2 aromatic heterocycles. The van der Waals surface area contributed by atoms with Crippen molar-refractivity contribution in [2.45, 2.75) is 75.6 Å². The van der Waals surface area contributed by atoms with Crippen LogP contribution in [0.4, 0.5) is 27.9 Å². The largest absolute Gasteiger partial charge is 0.444 e. The van der Waals surface area contributed by atoms with Crippen LogP contribution in [-0.2, 0) is 9.53 Å². The zero-order chi connectivity index (χ0) is 28.0. The third-order valence-electron chi connectivity index (χ3n) is 5.87. The molecule has 12 heteroatoms. The van der Waals surface area contributed by atoms with Crippen LogP contribution in [0.5, 0.6) is 0 Å². The van der Waals surface area contributed by atoms with Crippen LogP contribution in [0.15, 0.2) is 46.5 Å². The number of nitrogens with zero attached hydrogens (tertiary/aromatic N) is 4. The molecule has 0 atom stereocenters. The summed E-state index contributed by atoms with van der Waals surface area (Å²) in [7, 11) is 0. The van der Waals surface area contributed by atoms with Crippen molar-refractivity contribution in [2.24, 2.45) is 0 Å². The monoisotopic (exact) mass is 552 g/mol. The number of aromatic nitrogens is 4. The van der Waals surface area contributed by atoms with Gasteiger partial charge in [0, 0.05) is 48.3 Å². The average Bonchev–Trinajstić information content (AvgIpc) is 3.28. The van der Waals surface area contributed by atoms with Crippen molar-refractivity contribution in [3.63, 3.8) is 0 Å². The highest BCUT2D eigenvalue weighted by atomic mass is 32.2. The molecule has 1 saturated heterocycles. The molecule has 3 heterocycles. The smallest absolute Gasteiger partial charge is 0.407 e. The SMILES string of the molecule is CCC(=O)Nc1ccc(Sc2nc(Nc3cc(C)n[nH]3)cc(N3CCC(NC(=O)OC(C)(C)C)CC3)n2)cc1. The number of H-pyrrole nitrogens is 1. The van der Waals surface area contributed by atoms with Gasteiger partial charge in [-0.2, -0.15) is 5.10 Å². The maximum atomic E-state index is 12.2. The summed E-state index contributed by atoms with van der Waals surface area (Å²) in [6.07, 6.45) is 1.60. The number of hydrogen-bond acceptors (Lipinski definition) is 9. The molecule has 2 amide bonds. The number of carbonyl (C=O) groups excluding carboxylic acids is 2. The number of carbonyl (C=O) groups is 2. The van der Waals surface area contributed by atoms with Gasteiger partial charge in [0.1, 0.15) is 23.1 Å². The van der Waals surface area contributed by atoms with Crippen LogP contribution in [0, 0.1) is 6.92 Å². The summed E-state index contributed by atoms with van der Waals surface area (Å²) in [5, 5.41) is 16.9. The number of alkyl carbamates (subject to hydrolysis) is 1. The van der Waals surface area contributed by atoms with E-state index in [1.807, 2.05) is 71.0 Å². The second kappa shape index (κ2) is 12.4. The molecule has 0 radical (unpaired) electrons. The number of anilines is 4. The fourth-order valence-electron chi connectivity index (χ4n) is 4.00. The predicted molar refractivity (Wildman–Crippen MR) is 153 cm³/mol. The van der Waals surface area contributed by atoms with E-state index in [-0.39, 0.29) is 18.0 Å². The Kier molecular flexibility index (Phi) is 8.95. The fraction of sp³-hybridized carbons (Fsp3) is 0.444. The number of aryl methyl sites for hydroxylation is 1. The van der Waals surface area contributed by atoms with Gasteiger partial charge in [0.15, 0.2) is 5.16 Å². The third kappa shape index (κ3) is 8.60. The molecule has 0 saturated carbocycles. The summed E-state index contributed by atoms with van der Waals surface area (Å²) >= 11 is 1.44. The molecule has 1 aliphatic heterocycles. The van der Waals surface area contributed by atoms with Gasteiger partial charge in [-0.05, 0) is 76.6 Å². The van der Waals surface area contributed by atoms with Gasteiger partial charge < -0.3 is 25.6 Å². The minimum absolute atomic E-state index is 0.0266. The zero-order valence-corrected chi connectivity index (χ0v) is 23.8. The highest BCUT2D eigenvalue weighted by Gasteiger charge is 2.25. The Balaban J connectivity index is 1.47.